The Morgan fingerprint density at radius 3 is 1.59 bits per heavy atom. The molecule has 4 rings (SSSR count). The van der Waals surface area contributed by atoms with Crippen LogP contribution in [-0.2, 0) is 11.5 Å². The highest BCUT2D eigenvalue weighted by Crippen LogP contribution is 2.37. The Morgan fingerprint density at radius 2 is 1.09 bits per heavy atom. The number of hydrogen-bond acceptors (Lipinski definition) is 6. The van der Waals surface area contributed by atoms with Gasteiger partial charge in [0.1, 0.15) is 0 Å². The van der Waals surface area contributed by atoms with Crippen LogP contribution in [0.3, 0.4) is 0 Å². The summed E-state index contributed by atoms with van der Waals surface area (Å²) in [5.41, 5.74) is 2.49. The predicted molar refractivity (Wildman–Crippen MR) is 87.7 cm³/mol. The van der Waals surface area contributed by atoms with Crippen molar-refractivity contribution in [3.8, 4) is 23.0 Å². The Balaban J connectivity index is 1.29. The highest BCUT2D eigenvalue weighted by molar-refractivity contribution is 8.76. The fourth-order valence-corrected chi connectivity index (χ4v) is 4.40. The second-order valence-corrected chi connectivity index (χ2v) is 7.36. The zero-order valence-electron chi connectivity index (χ0n) is 11.7. The summed E-state index contributed by atoms with van der Waals surface area (Å²) in [4.78, 5) is 0. The lowest BCUT2D eigenvalue weighted by molar-refractivity contribution is 0.173. The molecule has 2 aliphatic heterocycles. The first kappa shape index (κ1) is 14.0. The zero-order valence-corrected chi connectivity index (χ0v) is 13.4. The fourth-order valence-electron chi connectivity index (χ4n) is 2.28. The van der Waals surface area contributed by atoms with Crippen molar-refractivity contribution in [3.05, 3.63) is 47.5 Å². The van der Waals surface area contributed by atoms with Gasteiger partial charge in [0.15, 0.2) is 23.0 Å². The molecule has 0 saturated carbocycles. The Morgan fingerprint density at radius 1 is 0.636 bits per heavy atom. The molecule has 2 aromatic carbocycles. The number of hydrogen-bond donors (Lipinski definition) is 0. The Bertz CT molecular complexity index is 630. The lowest BCUT2D eigenvalue weighted by Crippen LogP contribution is -1.92. The molecule has 0 aliphatic carbocycles. The molecule has 0 spiro atoms. The van der Waals surface area contributed by atoms with Gasteiger partial charge in [-0.05, 0) is 35.4 Å². The maximum atomic E-state index is 5.39. The van der Waals surface area contributed by atoms with Gasteiger partial charge in [0.05, 0.1) is 0 Å². The smallest absolute Gasteiger partial charge is 0.231 e. The van der Waals surface area contributed by atoms with E-state index in [4.69, 9.17) is 18.9 Å². The van der Waals surface area contributed by atoms with Gasteiger partial charge in [-0.15, -0.1) is 0 Å². The molecular weight excluding hydrogens is 320 g/mol. The molecule has 114 valence electrons. The van der Waals surface area contributed by atoms with Gasteiger partial charge in [-0.25, -0.2) is 0 Å². The minimum Gasteiger partial charge on any atom is -0.454 e. The molecule has 0 N–H and O–H groups in total. The van der Waals surface area contributed by atoms with E-state index in [1.165, 1.54) is 11.1 Å². The summed E-state index contributed by atoms with van der Waals surface area (Å²) >= 11 is 0. The lowest BCUT2D eigenvalue weighted by Gasteiger charge is -2.04. The molecule has 0 radical (unpaired) electrons. The van der Waals surface area contributed by atoms with Crippen LogP contribution in [0.4, 0.5) is 0 Å². The molecule has 2 heterocycles. The topological polar surface area (TPSA) is 36.9 Å². The average Bonchev–Trinajstić information content (AvgIpc) is 3.19. The molecule has 6 heteroatoms. The van der Waals surface area contributed by atoms with Crippen molar-refractivity contribution in [2.75, 3.05) is 13.6 Å². The van der Waals surface area contributed by atoms with Gasteiger partial charge < -0.3 is 18.9 Å². The van der Waals surface area contributed by atoms with Gasteiger partial charge in [0.25, 0.3) is 0 Å². The maximum absolute atomic E-state index is 5.39. The van der Waals surface area contributed by atoms with E-state index in [1.807, 2.05) is 33.7 Å². The summed E-state index contributed by atoms with van der Waals surface area (Å²) in [5, 5.41) is 0. The van der Waals surface area contributed by atoms with Crippen molar-refractivity contribution >= 4 is 21.6 Å². The van der Waals surface area contributed by atoms with E-state index in [1.54, 1.807) is 0 Å². The summed E-state index contributed by atoms with van der Waals surface area (Å²) < 4.78 is 21.4. The molecule has 4 nitrogen and oxygen atoms in total. The van der Waals surface area contributed by atoms with Crippen LogP contribution < -0.4 is 18.9 Å². The monoisotopic (exact) mass is 334 g/mol. The van der Waals surface area contributed by atoms with E-state index in [2.05, 4.69) is 24.3 Å². The van der Waals surface area contributed by atoms with E-state index in [9.17, 15) is 0 Å². The van der Waals surface area contributed by atoms with E-state index in [-0.39, 0.29) is 0 Å². The third-order valence-corrected chi connectivity index (χ3v) is 5.68. The van der Waals surface area contributed by atoms with Crippen molar-refractivity contribution in [3.63, 3.8) is 0 Å². The fraction of sp³-hybridized carbons (Fsp3) is 0.250. The van der Waals surface area contributed by atoms with Crippen LogP contribution in [-0.4, -0.2) is 13.6 Å². The van der Waals surface area contributed by atoms with Crippen LogP contribution in [0.15, 0.2) is 36.4 Å². The van der Waals surface area contributed by atoms with Crippen LogP contribution in [0.2, 0.25) is 0 Å². The number of fused-ring (bicyclic) bond motifs is 2. The molecular formula is C16H14O4S2. The summed E-state index contributed by atoms with van der Waals surface area (Å²) in [5.74, 6) is 5.24. The highest BCUT2D eigenvalue weighted by atomic mass is 33.1. The van der Waals surface area contributed by atoms with Crippen molar-refractivity contribution in [1.82, 2.24) is 0 Å². The van der Waals surface area contributed by atoms with Crippen LogP contribution in [0, 0.1) is 0 Å². The largest absolute Gasteiger partial charge is 0.454 e. The predicted octanol–water partition coefficient (Wildman–Crippen LogP) is 4.23. The quantitative estimate of drug-likeness (QED) is 0.602. The summed E-state index contributed by atoms with van der Waals surface area (Å²) in [6, 6.07) is 12.2. The molecule has 0 atom stereocenters. The van der Waals surface area contributed by atoms with Gasteiger partial charge in [-0.1, -0.05) is 33.7 Å². The van der Waals surface area contributed by atoms with Gasteiger partial charge in [0, 0.05) is 11.5 Å². The lowest BCUT2D eigenvalue weighted by atomic mass is 10.2. The Kier molecular flexibility index (Phi) is 3.95. The Labute approximate surface area is 136 Å². The van der Waals surface area contributed by atoms with Crippen LogP contribution in [0.1, 0.15) is 11.1 Å². The molecule has 2 aliphatic rings. The summed E-state index contributed by atoms with van der Waals surface area (Å²) in [7, 11) is 3.66. The average molecular weight is 334 g/mol. The van der Waals surface area contributed by atoms with Crippen molar-refractivity contribution in [1.29, 1.82) is 0 Å². The van der Waals surface area contributed by atoms with Gasteiger partial charge in [-0.3, -0.25) is 0 Å². The second kappa shape index (κ2) is 6.22. The summed E-state index contributed by atoms with van der Waals surface area (Å²) in [6.45, 7) is 0.648. The molecule has 22 heavy (non-hydrogen) atoms. The molecule has 0 saturated heterocycles. The minimum atomic E-state index is 0.324. The maximum Gasteiger partial charge on any atom is 0.231 e. The molecule has 0 fully saturated rings. The van der Waals surface area contributed by atoms with E-state index < -0.39 is 0 Å². The van der Waals surface area contributed by atoms with Gasteiger partial charge >= 0.3 is 0 Å². The minimum absolute atomic E-state index is 0.324. The normalized spacial score (nSPS) is 14.4. The van der Waals surface area contributed by atoms with Gasteiger partial charge in [0.2, 0.25) is 13.6 Å². The molecule has 0 unspecified atom stereocenters. The third-order valence-electron chi connectivity index (χ3n) is 3.41. The van der Waals surface area contributed by atoms with Crippen LogP contribution >= 0.6 is 21.6 Å². The van der Waals surface area contributed by atoms with E-state index >= 15 is 0 Å². The number of benzene rings is 2. The standard InChI is InChI=1S/C16H14O4S2/c1-3-13-15(19-9-17-13)5-11(1)7-21-22-8-12-2-4-14-16(6-12)20-10-18-14/h1-6H,7-10H2. The first-order chi connectivity index (χ1) is 10.9. The molecule has 0 aromatic heterocycles. The van der Waals surface area contributed by atoms with Gasteiger partial charge in [-0.2, -0.15) is 0 Å². The molecule has 0 amide bonds. The zero-order chi connectivity index (χ0) is 14.8. The van der Waals surface area contributed by atoms with Crippen molar-refractivity contribution in [2.45, 2.75) is 11.5 Å². The molecule has 0 bridgehead atoms. The number of ether oxygens (including phenoxy) is 4. The number of rotatable bonds is 5. The highest BCUT2D eigenvalue weighted by Gasteiger charge is 2.14. The van der Waals surface area contributed by atoms with E-state index in [0.29, 0.717) is 13.6 Å². The summed E-state index contributed by atoms with van der Waals surface area (Å²) in [6.07, 6.45) is 0. The van der Waals surface area contributed by atoms with Crippen molar-refractivity contribution in [2.24, 2.45) is 0 Å². The first-order valence-corrected chi connectivity index (χ1v) is 9.39. The SMILES string of the molecule is c1cc2c(cc1CSSCc1ccc3c(c1)OCO3)OCO2. The molecule has 2 aromatic rings. The van der Waals surface area contributed by atoms with E-state index in [0.717, 1.165) is 34.5 Å². The van der Waals surface area contributed by atoms with Crippen molar-refractivity contribution < 1.29 is 18.9 Å². The second-order valence-electron chi connectivity index (χ2n) is 4.90. The van der Waals surface area contributed by atoms with Crippen LogP contribution in [0.25, 0.3) is 0 Å². The first-order valence-electron chi connectivity index (χ1n) is 6.90. The third kappa shape index (κ3) is 2.94. The van der Waals surface area contributed by atoms with Crippen LogP contribution in [0.5, 0.6) is 23.0 Å². The Hall–Kier alpha value is -1.66.